The molecule has 25 heavy (non-hydrogen) atoms. The Hall–Kier alpha value is -2.59. The van der Waals surface area contributed by atoms with Gasteiger partial charge in [0.1, 0.15) is 0 Å². The molecule has 128 valence electrons. The lowest BCUT2D eigenvalue weighted by atomic mass is 10.1. The average Bonchev–Trinajstić information content (AvgIpc) is 3.06. The van der Waals surface area contributed by atoms with E-state index in [1.807, 2.05) is 30.5 Å². The summed E-state index contributed by atoms with van der Waals surface area (Å²) in [5, 5.41) is 1.02. The number of nitrogens with zero attached hydrogens (tertiary/aromatic N) is 2. The lowest BCUT2D eigenvalue weighted by Crippen LogP contribution is -2.48. The molecule has 4 heteroatoms. The molecule has 0 atom stereocenters. The number of H-pyrrole nitrogens is 1. The predicted molar refractivity (Wildman–Crippen MR) is 102 cm³/mol. The number of fused-ring (bicyclic) bond motifs is 1. The van der Waals surface area contributed by atoms with E-state index in [2.05, 4.69) is 46.0 Å². The minimum absolute atomic E-state index is 0.196. The summed E-state index contributed by atoms with van der Waals surface area (Å²) in [5.41, 5.74) is 4.39. The predicted octanol–water partition coefficient (Wildman–Crippen LogP) is 3.48. The van der Waals surface area contributed by atoms with Gasteiger partial charge in [0.05, 0.1) is 6.54 Å². The van der Waals surface area contributed by atoms with E-state index in [1.165, 1.54) is 11.3 Å². The molecular weight excluding hydrogens is 310 g/mol. The molecule has 1 aliphatic heterocycles. The number of anilines is 1. The maximum atomic E-state index is 12.7. The maximum Gasteiger partial charge on any atom is 0.178 e. The number of ketones is 1. The first-order valence-corrected chi connectivity index (χ1v) is 8.84. The number of rotatable bonds is 4. The fraction of sp³-hybridized carbons (Fsp3) is 0.286. The molecule has 0 saturated carbocycles. The summed E-state index contributed by atoms with van der Waals surface area (Å²) < 4.78 is 0. The smallest absolute Gasteiger partial charge is 0.178 e. The van der Waals surface area contributed by atoms with E-state index in [0.717, 1.165) is 42.6 Å². The lowest BCUT2D eigenvalue weighted by Gasteiger charge is -2.35. The molecule has 1 N–H and O–H groups in total. The summed E-state index contributed by atoms with van der Waals surface area (Å²) in [6.45, 7) is 6.38. The molecule has 2 aromatic carbocycles. The van der Waals surface area contributed by atoms with Crippen molar-refractivity contribution in [3.63, 3.8) is 0 Å². The Labute approximate surface area is 148 Å². The van der Waals surface area contributed by atoms with Crippen molar-refractivity contribution in [3.8, 4) is 0 Å². The van der Waals surface area contributed by atoms with Gasteiger partial charge in [-0.25, -0.2) is 0 Å². The van der Waals surface area contributed by atoms with Crippen LogP contribution in [-0.4, -0.2) is 48.4 Å². The van der Waals surface area contributed by atoms with Gasteiger partial charge in [-0.1, -0.05) is 30.3 Å². The lowest BCUT2D eigenvalue weighted by molar-refractivity contribution is 0.0928. The third-order valence-corrected chi connectivity index (χ3v) is 5.00. The Morgan fingerprint density at radius 2 is 1.84 bits per heavy atom. The van der Waals surface area contributed by atoms with Gasteiger partial charge < -0.3 is 9.88 Å². The number of Topliss-reactive ketones (excluding diaryl/α,β-unsaturated/α-hetero) is 1. The molecule has 2 heterocycles. The summed E-state index contributed by atoms with van der Waals surface area (Å²) in [7, 11) is 0. The second-order valence-electron chi connectivity index (χ2n) is 6.77. The number of carbonyl (C=O) groups excluding carboxylic acids is 1. The van der Waals surface area contributed by atoms with Gasteiger partial charge in [0, 0.05) is 54.5 Å². The molecule has 0 radical (unpaired) electrons. The first-order valence-electron chi connectivity index (χ1n) is 8.84. The van der Waals surface area contributed by atoms with Gasteiger partial charge >= 0.3 is 0 Å². The number of aryl methyl sites for hydroxylation is 1. The van der Waals surface area contributed by atoms with Crippen LogP contribution in [0.1, 0.15) is 15.9 Å². The number of piperazine rings is 1. The van der Waals surface area contributed by atoms with Gasteiger partial charge in [-0.05, 0) is 30.7 Å². The largest absolute Gasteiger partial charge is 0.369 e. The van der Waals surface area contributed by atoms with Crippen molar-refractivity contribution in [2.45, 2.75) is 6.92 Å². The van der Waals surface area contributed by atoms with Crippen LogP contribution in [0.3, 0.4) is 0 Å². The molecule has 0 spiro atoms. The molecule has 0 aliphatic carbocycles. The third kappa shape index (κ3) is 3.30. The van der Waals surface area contributed by atoms with Gasteiger partial charge in [0.15, 0.2) is 5.78 Å². The summed E-state index contributed by atoms with van der Waals surface area (Å²) in [4.78, 5) is 20.6. The SMILES string of the molecule is Cc1cccc(N2CCN(CC(=O)c3c[nH]c4ccccc34)CC2)c1. The van der Waals surface area contributed by atoms with E-state index in [1.54, 1.807) is 0 Å². The number of carbonyl (C=O) groups is 1. The van der Waals surface area contributed by atoms with Crippen molar-refractivity contribution in [1.29, 1.82) is 0 Å². The Morgan fingerprint density at radius 1 is 1.04 bits per heavy atom. The van der Waals surface area contributed by atoms with Crippen LogP contribution in [-0.2, 0) is 0 Å². The van der Waals surface area contributed by atoms with Gasteiger partial charge in [-0.2, -0.15) is 0 Å². The van der Waals surface area contributed by atoms with Crippen LogP contribution >= 0.6 is 0 Å². The number of hydrogen-bond donors (Lipinski definition) is 1. The van der Waals surface area contributed by atoms with Gasteiger partial charge in [0.25, 0.3) is 0 Å². The van der Waals surface area contributed by atoms with Crippen molar-refractivity contribution in [2.75, 3.05) is 37.6 Å². The van der Waals surface area contributed by atoms with Crippen molar-refractivity contribution in [3.05, 3.63) is 65.9 Å². The molecule has 1 saturated heterocycles. The number of aromatic nitrogens is 1. The third-order valence-electron chi connectivity index (χ3n) is 5.00. The number of nitrogens with one attached hydrogen (secondary N) is 1. The summed E-state index contributed by atoms with van der Waals surface area (Å²) >= 11 is 0. The fourth-order valence-electron chi connectivity index (χ4n) is 3.58. The fourth-order valence-corrected chi connectivity index (χ4v) is 3.58. The van der Waals surface area contributed by atoms with Crippen LogP contribution in [0, 0.1) is 6.92 Å². The number of hydrogen-bond acceptors (Lipinski definition) is 3. The highest BCUT2D eigenvalue weighted by Gasteiger charge is 2.21. The number of aromatic amines is 1. The van der Waals surface area contributed by atoms with Crippen LogP contribution in [0.4, 0.5) is 5.69 Å². The van der Waals surface area contributed by atoms with Crippen LogP contribution in [0.25, 0.3) is 10.9 Å². The molecule has 1 aromatic heterocycles. The molecule has 1 fully saturated rings. The molecule has 0 unspecified atom stereocenters. The highest BCUT2D eigenvalue weighted by atomic mass is 16.1. The Kier molecular flexibility index (Phi) is 4.28. The number of benzene rings is 2. The van der Waals surface area contributed by atoms with Gasteiger partial charge in [-0.3, -0.25) is 9.69 Å². The van der Waals surface area contributed by atoms with Crippen LogP contribution < -0.4 is 4.90 Å². The molecule has 0 bridgehead atoms. The standard InChI is InChI=1S/C21H23N3O/c1-16-5-4-6-17(13-16)24-11-9-23(10-12-24)15-21(25)19-14-22-20-8-3-2-7-18(19)20/h2-8,13-14,22H,9-12,15H2,1H3. The topological polar surface area (TPSA) is 39.3 Å². The van der Waals surface area contributed by atoms with E-state index in [-0.39, 0.29) is 5.78 Å². The van der Waals surface area contributed by atoms with Gasteiger partial charge in [-0.15, -0.1) is 0 Å². The average molecular weight is 333 g/mol. The van der Waals surface area contributed by atoms with E-state index < -0.39 is 0 Å². The zero-order valence-electron chi connectivity index (χ0n) is 14.5. The molecule has 4 rings (SSSR count). The van der Waals surface area contributed by atoms with Crippen LogP contribution in [0.5, 0.6) is 0 Å². The van der Waals surface area contributed by atoms with Crippen LogP contribution in [0.2, 0.25) is 0 Å². The van der Waals surface area contributed by atoms with Crippen molar-refractivity contribution >= 4 is 22.4 Å². The van der Waals surface area contributed by atoms with E-state index in [0.29, 0.717) is 6.54 Å². The zero-order chi connectivity index (χ0) is 17.2. The summed E-state index contributed by atoms with van der Waals surface area (Å²) in [5.74, 6) is 0.196. The molecule has 1 aliphatic rings. The van der Waals surface area contributed by atoms with Crippen LogP contribution in [0.15, 0.2) is 54.7 Å². The Morgan fingerprint density at radius 3 is 2.64 bits per heavy atom. The molecule has 0 amide bonds. The maximum absolute atomic E-state index is 12.7. The summed E-state index contributed by atoms with van der Waals surface area (Å²) in [6.07, 6.45) is 1.84. The minimum Gasteiger partial charge on any atom is -0.369 e. The zero-order valence-corrected chi connectivity index (χ0v) is 14.5. The minimum atomic E-state index is 0.196. The van der Waals surface area contributed by atoms with E-state index >= 15 is 0 Å². The van der Waals surface area contributed by atoms with Gasteiger partial charge in [0.2, 0.25) is 0 Å². The summed E-state index contributed by atoms with van der Waals surface area (Å²) in [6, 6.07) is 16.6. The van der Waals surface area contributed by atoms with Crippen molar-refractivity contribution in [2.24, 2.45) is 0 Å². The Balaban J connectivity index is 1.39. The molecule has 4 nitrogen and oxygen atoms in total. The highest BCUT2D eigenvalue weighted by molar-refractivity contribution is 6.08. The second-order valence-corrected chi connectivity index (χ2v) is 6.77. The number of para-hydroxylation sites is 1. The molecular formula is C21H23N3O. The highest BCUT2D eigenvalue weighted by Crippen LogP contribution is 2.20. The van der Waals surface area contributed by atoms with Crippen molar-refractivity contribution in [1.82, 2.24) is 9.88 Å². The Bertz CT molecular complexity index is 891. The first kappa shape index (κ1) is 15.9. The first-order chi connectivity index (χ1) is 12.2. The van der Waals surface area contributed by atoms with E-state index in [9.17, 15) is 4.79 Å². The van der Waals surface area contributed by atoms with E-state index in [4.69, 9.17) is 0 Å². The molecule has 3 aromatic rings. The monoisotopic (exact) mass is 333 g/mol. The normalized spacial score (nSPS) is 15.6. The second kappa shape index (κ2) is 6.73. The van der Waals surface area contributed by atoms with Crippen molar-refractivity contribution < 1.29 is 4.79 Å². The quantitative estimate of drug-likeness (QED) is 0.743.